The monoisotopic (exact) mass is 607 g/mol. The highest BCUT2D eigenvalue weighted by molar-refractivity contribution is 6.06. The van der Waals surface area contributed by atoms with Crippen LogP contribution in [-0.4, -0.2) is 80.6 Å². The molecule has 2 aliphatic heterocycles. The number of nitrogens with zero attached hydrogens (tertiary/aromatic N) is 7. The van der Waals surface area contributed by atoms with Crippen molar-refractivity contribution in [3.05, 3.63) is 64.9 Å². The van der Waals surface area contributed by atoms with Crippen molar-refractivity contribution in [3.63, 3.8) is 0 Å². The Kier molecular flexibility index (Phi) is 8.19. The van der Waals surface area contributed by atoms with E-state index < -0.39 is 6.61 Å². The van der Waals surface area contributed by atoms with E-state index in [0.717, 1.165) is 48.8 Å². The van der Waals surface area contributed by atoms with Gasteiger partial charge in [0.1, 0.15) is 11.5 Å². The maximum absolute atomic E-state index is 13.4. The number of rotatable bonds is 9. The van der Waals surface area contributed by atoms with Crippen LogP contribution in [0.2, 0.25) is 0 Å². The fraction of sp³-hybridized carbons (Fsp3) is 0.400. The van der Waals surface area contributed by atoms with Gasteiger partial charge in [-0.3, -0.25) is 15.1 Å². The van der Waals surface area contributed by atoms with Crippen LogP contribution in [0.4, 0.5) is 31.8 Å². The second kappa shape index (κ2) is 12.2. The van der Waals surface area contributed by atoms with E-state index in [2.05, 4.69) is 35.3 Å². The number of amides is 1. The van der Waals surface area contributed by atoms with E-state index in [4.69, 9.17) is 4.74 Å². The van der Waals surface area contributed by atoms with Crippen LogP contribution in [-0.2, 0) is 25.7 Å². The Morgan fingerprint density at radius 2 is 1.95 bits per heavy atom. The number of anilines is 4. The highest BCUT2D eigenvalue weighted by Crippen LogP contribution is 2.37. The maximum atomic E-state index is 13.4. The van der Waals surface area contributed by atoms with E-state index in [-0.39, 0.29) is 23.3 Å². The molecule has 1 aromatic carbocycles. The molecule has 1 fully saturated rings. The molecule has 0 unspecified atom stereocenters. The molecule has 0 spiro atoms. The highest BCUT2D eigenvalue weighted by Gasteiger charge is 2.27. The number of aromatic amines is 1. The number of alkyl halides is 2. The van der Waals surface area contributed by atoms with Crippen molar-refractivity contribution in [2.75, 3.05) is 48.5 Å². The van der Waals surface area contributed by atoms with Gasteiger partial charge in [0, 0.05) is 61.6 Å². The number of likely N-dealkylation sites (N-methyl/N-ethyl adjacent to an activating group) is 1. The third kappa shape index (κ3) is 5.57. The number of piperazine rings is 1. The predicted molar refractivity (Wildman–Crippen MR) is 161 cm³/mol. The molecule has 6 rings (SSSR count). The molecular formula is C30H35F2N9O3. The zero-order valence-electron chi connectivity index (χ0n) is 24.8. The average Bonchev–Trinajstić information content (AvgIpc) is 3.64. The van der Waals surface area contributed by atoms with Crippen LogP contribution in [0.3, 0.4) is 0 Å². The summed E-state index contributed by atoms with van der Waals surface area (Å²) in [6.45, 7) is 4.04. The van der Waals surface area contributed by atoms with Gasteiger partial charge < -0.3 is 24.4 Å². The summed E-state index contributed by atoms with van der Waals surface area (Å²) in [4.78, 5) is 26.6. The Bertz CT molecular complexity index is 1640. The van der Waals surface area contributed by atoms with Crippen LogP contribution in [0.5, 0.6) is 5.75 Å². The van der Waals surface area contributed by atoms with Crippen molar-refractivity contribution < 1.29 is 23.5 Å². The van der Waals surface area contributed by atoms with Crippen LogP contribution in [0, 0.1) is 0 Å². The third-order valence-corrected chi connectivity index (χ3v) is 8.21. The van der Waals surface area contributed by atoms with E-state index in [1.165, 1.54) is 12.1 Å². The van der Waals surface area contributed by atoms with Crippen LogP contribution in [0.25, 0.3) is 5.82 Å². The molecule has 0 aliphatic carbocycles. The number of aryl methyl sites for hydroxylation is 3. The van der Waals surface area contributed by atoms with E-state index in [1.807, 2.05) is 20.9 Å². The van der Waals surface area contributed by atoms with Crippen molar-refractivity contribution >= 4 is 28.9 Å². The number of benzene rings is 1. The minimum atomic E-state index is -3.09. The zero-order chi connectivity index (χ0) is 31.0. The number of ether oxygens (including phenoxy) is 1. The Morgan fingerprint density at radius 3 is 2.68 bits per heavy atom. The predicted octanol–water partition coefficient (Wildman–Crippen LogP) is 4.35. The van der Waals surface area contributed by atoms with Gasteiger partial charge in [-0.05, 0) is 50.9 Å². The Morgan fingerprint density at radius 1 is 1.16 bits per heavy atom. The molecule has 3 N–H and O–H groups in total. The van der Waals surface area contributed by atoms with E-state index in [1.54, 1.807) is 29.1 Å². The number of nitrogens with one attached hydrogen (secondary N) is 2. The molecule has 0 saturated carbocycles. The lowest BCUT2D eigenvalue weighted by Gasteiger charge is -2.34. The van der Waals surface area contributed by atoms with Gasteiger partial charge in [0.05, 0.1) is 22.6 Å². The number of halogens is 2. The van der Waals surface area contributed by atoms with Gasteiger partial charge in [0.15, 0.2) is 5.75 Å². The second-order valence-corrected chi connectivity index (χ2v) is 10.9. The van der Waals surface area contributed by atoms with Gasteiger partial charge >= 0.3 is 6.61 Å². The quantitative estimate of drug-likeness (QED) is 0.238. The molecule has 0 radical (unpaired) electrons. The summed E-state index contributed by atoms with van der Waals surface area (Å²) < 4.78 is 33.5. The van der Waals surface area contributed by atoms with Crippen molar-refractivity contribution in [2.24, 2.45) is 0 Å². The minimum absolute atomic E-state index is 0.0229. The summed E-state index contributed by atoms with van der Waals surface area (Å²) in [5.74, 6) is -0.0776. The summed E-state index contributed by atoms with van der Waals surface area (Å²) in [5.41, 5.74) is 5.15. The number of fused-ring (bicyclic) bond motifs is 3. The van der Waals surface area contributed by atoms with Gasteiger partial charge in [-0.15, -0.1) is 0 Å². The molecule has 5 heterocycles. The zero-order valence-corrected chi connectivity index (χ0v) is 24.8. The first-order valence-electron chi connectivity index (χ1n) is 14.7. The first-order chi connectivity index (χ1) is 21.3. The number of aromatic nitrogens is 5. The van der Waals surface area contributed by atoms with Gasteiger partial charge in [0.2, 0.25) is 0 Å². The molecule has 3 aromatic heterocycles. The van der Waals surface area contributed by atoms with E-state index in [0.29, 0.717) is 53.5 Å². The molecule has 232 valence electrons. The van der Waals surface area contributed by atoms with E-state index >= 15 is 0 Å². The van der Waals surface area contributed by atoms with Gasteiger partial charge in [-0.25, -0.2) is 4.98 Å². The molecule has 14 heteroatoms. The van der Waals surface area contributed by atoms with Crippen molar-refractivity contribution in [1.29, 1.82) is 0 Å². The summed E-state index contributed by atoms with van der Waals surface area (Å²) in [6, 6.07) is 6.50. The van der Waals surface area contributed by atoms with Crippen LogP contribution in [0.1, 0.15) is 46.9 Å². The van der Waals surface area contributed by atoms with Crippen molar-refractivity contribution in [1.82, 2.24) is 29.6 Å². The first kappa shape index (κ1) is 29.5. The molecule has 1 saturated heterocycles. The summed E-state index contributed by atoms with van der Waals surface area (Å²) in [6.07, 6.45) is 5.89. The number of carbonyl (C=O) groups is 1. The maximum Gasteiger partial charge on any atom is 0.387 e. The molecule has 1 amide bonds. The largest absolute Gasteiger partial charge is 0.432 e. The Labute approximate surface area is 253 Å². The van der Waals surface area contributed by atoms with Gasteiger partial charge in [-0.1, -0.05) is 13.8 Å². The molecule has 4 aromatic rings. The smallest absolute Gasteiger partial charge is 0.387 e. The van der Waals surface area contributed by atoms with Crippen LogP contribution >= 0.6 is 0 Å². The van der Waals surface area contributed by atoms with Crippen molar-refractivity contribution in [3.8, 4) is 11.6 Å². The molecule has 12 nitrogen and oxygen atoms in total. The highest BCUT2D eigenvalue weighted by atomic mass is 19.3. The number of carbonyl (C=O) groups excluding carboxylic acids is 1. The lowest BCUT2D eigenvalue weighted by Crippen LogP contribution is -2.44. The fourth-order valence-corrected chi connectivity index (χ4v) is 5.75. The topological polar surface area (TPSA) is 128 Å². The third-order valence-electron chi connectivity index (χ3n) is 8.21. The Balaban J connectivity index is 1.29. The summed E-state index contributed by atoms with van der Waals surface area (Å²) >= 11 is 0. The summed E-state index contributed by atoms with van der Waals surface area (Å²) in [5, 5.41) is 22.2. The molecule has 0 bridgehead atoms. The fourth-order valence-electron chi connectivity index (χ4n) is 5.75. The standard InChI is InChI=1S/C30H35F2N9O3/c1-4-21-26(22(5-2)37-36-21)34-28(42)20-10-11-40-23(20)8-6-18-17-33-30(35-27(18)40)41(43)24-9-7-19(16-25(24)44-29(31)32)39-14-12-38(3)13-15-39/h7,9-11,16-17,29,43H,4-6,8,12-15H2,1-3H3,(H,34,42)(H,36,37). The first-order valence-corrected chi connectivity index (χ1v) is 14.7. The second-order valence-electron chi connectivity index (χ2n) is 10.9. The van der Waals surface area contributed by atoms with Crippen molar-refractivity contribution in [2.45, 2.75) is 46.1 Å². The van der Waals surface area contributed by atoms with Gasteiger partial charge in [0.25, 0.3) is 11.9 Å². The van der Waals surface area contributed by atoms with Crippen LogP contribution < -0.4 is 20.0 Å². The average molecular weight is 608 g/mol. The Hall–Kier alpha value is -4.56. The lowest BCUT2D eigenvalue weighted by atomic mass is 10.0. The number of hydrogen-bond donors (Lipinski definition) is 3. The number of hydrogen-bond acceptors (Lipinski definition) is 9. The lowest BCUT2D eigenvalue weighted by molar-refractivity contribution is -0.0497. The normalized spacial score (nSPS) is 14.8. The molecular weight excluding hydrogens is 572 g/mol. The minimum Gasteiger partial charge on any atom is -0.432 e. The van der Waals surface area contributed by atoms with Gasteiger partial charge in [-0.2, -0.15) is 23.9 Å². The van der Waals surface area contributed by atoms with E-state index in [9.17, 15) is 18.8 Å². The van der Waals surface area contributed by atoms with Crippen LogP contribution in [0.15, 0.2) is 36.7 Å². The summed E-state index contributed by atoms with van der Waals surface area (Å²) in [7, 11) is 2.03. The molecule has 44 heavy (non-hydrogen) atoms. The number of H-pyrrole nitrogens is 1. The SMILES string of the molecule is CCc1n[nH]c(CC)c1NC(=O)c1ccn2c1CCc1cnc(N(O)c3ccc(N4CCN(C)CC4)cc3OC(F)F)nc1-2. The molecule has 0 atom stereocenters. The molecule has 2 aliphatic rings.